The summed E-state index contributed by atoms with van der Waals surface area (Å²) in [5, 5.41) is 10.2. The summed E-state index contributed by atoms with van der Waals surface area (Å²) >= 11 is 0. The fraction of sp³-hybridized carbons (Fsp3) is 0.278. The van der Waals surface area contributed by atoms with Crippen LogP contribution in [0.15, 0.2) is 42.5 Å². The van der Waals surface area contributed by atoms with Crippen LogP contribution in [0.1, 0.15) is 21.5 Å². The summed E-state index contributed by atoms with van der Waals surface area (Å²) in [4.78, 5) is 14.5. The molecule has 7 heteroatoms. The lowest BCUT2D eigenvalue weighted by atomic mass is 10.0. The number of phenolic OH excluding ortho intramolecular Hbond substituents is 1. The molecule has 3 rings (SSSR count). The Morgan fingerprint density at radius 2 is 1.68 bits per heavy atom. The highest BCUT2D eigenvalue weighted by atomic mass is 19.4. The van der Waals surface area contributed by atoms with Crippen molar-refractivity contribution >= 4 is 11.5 Å². The maximum absolute atomic E-state index is 12.6. The SMILES string of the molecule is O=C(c1ccc(C(F)(F)F)cc1)c1ccc(N2CCOCC2)cc1O. The minimum Gasteiger partial charge on any atom is -0.507 e. The molecule has 0 saturated carbocycles. The first-order chi connectivity index (χ1) is 11.9. The van der Waals surface area contributed by atoms with E-state index in [2.05, 4.69) is 0 Å². The first-order valence-corrected chi connectivity index (χ1v) is 7.74. The van der Waals surface area contributed by atoms with Crippen molar-refractivity contribution in [1.82, 2.24) is 0 Å². The van der Waals surface area contributed by atoms with E-state index < -0.39 is 17.5 Å². The van der Waals surface area contributed by atoms with E-state index in [1.54, 1.807) is 6.07 Å². The lowest BCUT2D eigenvalue weighted by Crippen LogP contribution is -2.36. The van der Waals surface area contributed by atoms with E-state index >= 15 is 0 Å². The number of ketones is 1. The highest BCUT2D eigenvalue weighted by Gasteiger charge is 2.30. The van der Waals surface area contributed by atoms with Gasteiger partial charge in [0.05, 0.1) is 24.3 Å². The number of nitrogens with zero attached hydrogens (tertiary/aromatic N) is 1. The molecule has 4 nitrogen and oxygen atoms in total. The lowest BCUT2D eigenvalue weighted by Gasteiger charge is -2.29. The monoisotopic (exact) mass is 351 g/mol. The topological polar surface area (TPSA) is 49.8 Å². The summed E-state index contributed by atoms with van der Waals surface area (Å²) in [6.07, 6.45) is -4.45. The molecular weight excluding hydrogens is 335 g/mol. The third-order valence-corrected chi connectivity index (χ3v) is 4.08. The molecule has 0 unspecified atom stereocenters. The number of rotatable bonds is 3. The summed E-state index contributed by atoms with van der Waals surface area (Å²) < 4.78 is 43.0. The Kier molecular flexibility index (Phi) is 4.67. The molecule has 1 aliphatic heterocycles. The van der Waals surface area contributed by atoms with Crippen molar-refractivity contribution in [2.24, 2.45) is 0 Å². The van der Waals surface area contributed by atoms with Gasteiger partial charge in [-0.05, 0) is 24.3 Å². The molecule has 1 N–H and O–H groups in total. The first-order valence-electron chi connectivity index (χ1n) is 7.74. The van der Waals surface area contributed by atoms with Gasteiger partial charge in [0.25, 0.3) is 0 Å². The summed E-state index contributed by atoms with van der Waals surface area (Å²) in [5.74, 6) is -0.728. The predicted molar refractivity (Wildman–Crippen MR) is 86.0 cm³/mol. The van der Waals surface area contributed by atoms with Gasteiger partial charge in [-0.3, -0.25) is 4.79 Å². The third kappa shape index (κ3) is 3.76. The second-order valence-corrected chi connectivity index (χ2v) is 5.71. The number of morpholine rings is 1. The number of hydrogen-bond acceptors (Lipinski definition) is 4. The molecule has 2 aromatic rings. The van der Waals surface area contributed by atoms with Crippen molar-refractivity contribution in [1.29, 1.82) is 0 Å². The highest BCUT2D eigenvalue weighted by Crippen LogP contribution is 2.31. The maximum atomic E-state index is 12.6. The minimum absolute atomic E-state index is 0.0526. The van der Waals surface area contributed by atoms with Crippen LogP contribution in [0.5, 0.6) is 5.75 Å². The van der Waals surface area contributed by atoms with Crippen LogP contribution in [0.2, 0.25) is 0 Å². The average molecular weight is 351 g/mol. The van der Waals surface area contributed by atoms with E-state index in [0.29, 0.717) is 26.3 Å². The fourth-order valence-electron chi connectivity index (χ4n) is 2.70. The van der Waals surface area contributed by atoms with Gasteiger partial charge in [0, 0.05) is 30.4 Å². The Labute approximate surface area is 142 Å². The predicted octanol–water partition coefficient (Wildman–Crippen LogP) is 3.48. The van der Waals surface area contributed by atoms with Gasteiger partial charge in [0.2, 0.25) is 0 Å². The van der Waals surface area contributed by atoms with E-state index in [0.717, 1.165) is 30.0 Å². The molecule has 0 radical (unpaired) electrons. The van der Waals surface area contributed by atoms with Crippen molar-refractivity contribution in [2.45, 2.75) is 6.18 Å². The van der Waals surface area contributed by atoms with E-state index in [1.165, 1.54) is 12.1 Å². The minimum atomic E-state index is -4.45. The van der Waals surface area contributed by atoms with Gasteiger partial charge in [-0.25, -0.2) is 0 Å². The normalized spacial score (nSPS) is 15.2. The van der Waals surface area contributed by atoms with Crippen LogP contribution >= 0.6 is 0 Å². The fourth-order valence-corrected chi connectivity index (χ4v) is 2.70. The Morgan fingerprint density at radius 1 is 1.04 bits per heavy atom. The Morgan fingerprint density at radius 3 is 2.24 bits per heavy atom. The maximum Gasteiger partial charge on any atom is 0.416 e. The van der Waals surface area contributed by atoms with Crippen molar-refractivity contribution in [3.63, 3.8) is 0 Å². The van der Waals surface area contributed by atoms with Gasteiger partial charge >= 0.3 is 6.18 Å². The molecular formula is C18H16F3NO3. The van der Waals surface area contributed by atoms with Crippen molar-refractivity contribution < 1.29 is 27.8 Å². The summed E-state index contributed by atoms with van der Waals surface area (Å²) in [6, 6.07) is 8.62. The third-order valence-electron chi connectivity index (χ3n) is 4.08. The van der Waals surface area contributed by atoms with Gasteiger partial charge < -0.3 is 14.7 Å². The largest absolute Gasteiger partial charge is 0.507 e. The van der Waals surface area contributed by atoms with Gasteiger partial charge in [0.15, 0.2) is 5.78 Å². The van der Waals surface area contributed by atoms with Crippen LogP contribution in [0, 0.1) is 0 Å². The summed E-state index contributed by atoms with van der Waals surface area (Å²) in [7, 11) is 0. The van der Waals surface area contributed by atoms with Crippen LogP contribution in [-0.4, -0.2) is 37.2 Å². The molecule has 1 aliphatic rings. The number of benzene rings is 2. The van der Waals surface area contributed by atoms with Crippen LogP contribution in [-0.2, 0) is 10.9 Å². The number of carbonyl (C=O) groups excluding carboxylic acids is 1. The molecule has 132 valence electrons. The molecule has 1 heterocycles. The first kappa shape index (κ1) is 17.3. The molecule has 0 spiro atoms. The molecule has 1 fully saturated rings. The Balaban J connectivity index is 1.82. The zero-order valence-electron chi connectivity index (χ0n) is 13.2. The van der Waals surface area contributed by atoms with Crippen molar-refractivity contribution in [3.05, 3.63) is 59.2 Å². The quantitative estimate of drug-likeness (QED) is 0.861. The van der Waals surface area contributed by atoms with E-state index in [9.17, 15) is 23.1 Å². The van der Waals surface area contributed by atoms with Crippen LogP contribution in [0.25, 0.3) is 0 Å². The highest BCUT2D eigenvalue weighted by molar-refractivity contribution is 6.10. The van der Waals surface area contributed by atoms with Crippen molar-refractivity contribution in [2.75, 3.05) is 31.2 Å². The Hall–Kier alpha value is -2.54. The van der Waals surface area contributed by atoms with Crippen LogP contribution < -0.4 is 4.90 Å². The Bertz CT molecular complexity index is 766. The number of alkyl halides is 3. The van der Waals surface area contributed by atoms with Gasteiger partial charge in [-0.15, -0.1) is 0 Å². The van der Waals surface area contributed by atoms with Gasteiger partial charge in [-0.2, -0.15) is 13.2 Å². The smallest absolute Gasteiger partial charge is 0.416 e. The lowest BCUT2D eigenvalue weighted by molar-refractivity contribution is -0.137. The number of aromatic hydroxyl groups is 1. The second-order valence-electron chi connectivity index (χ2n) is 5.71. The number of ether oxygens (including phenoxy) is 1. The molecule has 0 aromatic heterocycles. The van der Waals surface area contributed by atoms with Gasteiger partial charge in [0.1, 0.15) is 5.75 Å². The number of halogens is 3. The number of anilines is 1. The van der Waals surface area contributed by atoms with Crippen LogP contribution in [0.4, 0.5) is 18.9 Å². The van der Waals surface area contributed by atoms with Crippen LogP contribution in [0.3, 0.4) is 0 Å². The molecule has 0 atom stereocenters. The molecule has 25 heavy (non-hydrogen) atoms. The summed E-state index contributed by atoms with van der Waals surface area (Å²) in [6.45, 7) is 2.55. The molecule has 0 amide bonds. The van der Waals surface area contributed by atoms with Gasteiger partial charge in [-0.1, -0.05) is 12.1 Å². The van der Waals surface area contributed by atoms with E-state index in [4.69, 9.17) is 4.74 Å². The average Bonchev–Trinajstić information content (AvgIpc) is 2.61. The second kappa shape index (κ2) is 6.76. The number of carbonyl (C=O) groups is 1. The zero-order chi connectivity index (χ0) is 18.0. The number of hydrogen-bond donors (Lipinski definition) is 1. The summed E-state index contributed by atoms with van der Waals surface area (Å²) in [5.41, 5.74) is 0.0832. The van der Waals surface area contributed by atoms with E-state index in [-0.39, 0.29) is 16.9 Å². The number of phenols is 1. The molecule has 0 aliphatic carbocycles. The van der Waals surface area contributed by atoms with E-state index in [1.807, 2.05) is 4.90 Å². The molecule has 1 saturated heterocycles. The molecule has 2 aromatic carbocycles. The zero-order valence-corrected chi connectivity index (χ0v) is 13.2. The standard InChI is InChI=1S/C18H16F3NO3/c19-18(20,21)13-3-1-12(2-4-13)17(24)15-6-5-14(11-16(15)23)22-7-9-25-10-8-22/h1-6,11,23H,7-10H2. The van der Waals surface area contributed by atoms with Crippen molar-refractivity contribution in [3.8, 4) is 5.75 Å². The molecule has 0 bridgehead atoms.